The summed E-state index contributed by atoms with van der Waals surface area (Å²) in [5, 5.41) is 0. The maximum atomic E-state index is 10.8. The SMILES string of the molecule is CC(=O)O[C@H]1C=C[C@@H](Oc2ccccc2)CC1. The van der Waals surface area contributed by atoms with E-state index >= 15 is 0 Å². The van der Waals surface area contributed by atoms with Gasteiger partial charge in [-0.05, 0) is 37.1 Å². The monoisotopic (exact) mass is 232 g/mol. The zero-order valence-corrected chi connectivity index (χ0v) is 9.84. The highest BCUT2D eigenvalue weighted by atomic mass is 16.5. The van der Waals surface area contributed by atoms with E-state index in [2.05, 4.69) is 0 Å². The Balaban J connectivity index is 1.88. The molecular formula is C14H16O3. The topological polar surface area (TPSA) is 35.5 Å². The van der Waals surface area contributed by atoms with Gasteiger partial charge in [-0.15, -0.1) is 0 Å². The van der Waals surface area contributed by atoms with Gasteiger partial charge in [0.1, 0.15) is 18.0 Å². The van der Waals surface area contributed by atoms with Crippen molar-refractivity contribution >= 4 is 5.97 Å². The first-order valence-electron chi connectivity index (χ1n) is 5.81. The van der Waals surface area contributed by atoms with E-state index in [0.29, 0.717) is 0 Å². The van der Waals surface area contributed by atoms with E-state index in [9.17, 15) is 4.79 Å². The first kappa shape index (κ1) is 11.7. The van der Waals surface area contributed by atoms with Gasteiger partial charge in [0.05, 0.1) is 0 Å². The fraction of sp³-hybridized carbons (Fsp3) is 0.357. The van der Waals surface area contributed by atoms with Crippen LogP contribution in [0.1, 0.15) is 19.8 Å². The van der Waals surface area contributed by atoms with Crippen LogP contribution in [0, 0.1) is 0 Å². The molecule has 17 heavy (non-hydrogen) atoms. The number of hydrogen-bond donors (Lipinski definition) is 0. The lowest BCUT2D eigenvalue weighted by molar-refractivity contribution is -0.144. The summed E-state index contributed by atoms with van der Waals surface area (Å²) in [6, 6.07) is 9.73. The van der Waals surface area contributed by atoms with Gasteiger partial charge in [-0.2, -0.15) is 0 Å². The number of hydrogen-bond acceptors (Lipinski definition) is 3. The van der Waals surface area contributed by atoms with E-state index in [4.69, 9.17) is 9.47 Å². The molecule has 0 bridgehead atoms. The second-order valence-corrected chi connectivity index (χ2v) is 4.08. The molecule has 0 aliphatic heterocycles. The summed E-state index contributed by atoms with van der Waals surface area (Å²) in [5.41, 5.74) is 0. The number of ether oxygens (including phenoxy) is 2. The van der Waals surface area contributed by atoms with Crippen molar-refractivity contribution in [3.05, 3.63) is 42.5 Å². The standard InChI is InChI=1S/C14H16O3/c1-11(15)16-13-7-9-14(10-8-13)17-12-5-3-2-4-6-12/h2-7,9,13-14H,8,10H2,1H3/t13-,14+/m0/s1. The molecule has 1 aromatic carbocycles. The maximum absolute atomic E-state index is 10.8. The Bertz CT molecular complexity index is 397. The average molecular weight is 232 g/mol. The zero-order valence-electron chi connectivity index (χ0n) is 9.84. The molecule has 0 saturated heterocycles. The van der Waals surface area contributed by atoms with Crippen LogP contribution in [0.4, 0.5) is 0 Å². The van der Waals surface area contributed by atoms with Gasteiger partial charge in [0.25, 0.3) is 0 Å². The van der Waals surface area contributed by atoms with Crippen molar-refractivity contribution < 1.29 is 14.3 Å². The molecule has 0 heterocycles. The van der Waals surface area contributed by atoms with Crippen LogP contribution in [-0.4, -0.2) is 18.2 Å². The van der Waals surface area contributed by atoms with Crippen LogP contribution in [0.25, 0.3) is 0 Å². The summed E-state index contributed by atoms with van der Waals surface area (Å²) in [4.78, 5) is 10.8. The number of carbonyl (C=O) groups excluding carboxylic acids is 1. The first-order valence-corrected chi connectivity index (χ1v) is 5.81. The van der Waals surface area contributed by atoms with E-state index in [-0.39, 0.29) is 18.2 Å². The Hall–Kier alpha value is -1.77. The van der Waals surface area contributed by atoms with Crippen LogP contribution in [-0.2, 0) is 9.53 Å². The summed E-state index contributed by atoms with van der Waals surface area (Å²) in [6.45, 7) is 1.43. The molecule has 0 radical (unpaired) electrons. The molecule has 0 aromatic heterocycles. The van der Waals surface area contributed by atoms with Crippen LogP contribution in [0.3, 0.4) is 0 Å². The van der Waals surface area contributed by atoms with E-state index in [1.165, 1.54) is 6.92 Å². The largest absolute Gasteiger partial charge is 0.486 e. The fourth-order valence-electron chi connectivity index (χ4n) is 1.85. The summed E-state index contributed by atoms with van der Waals surface area (Å²) in [6.07, 6.45) is 5.52. The summed E-state index contributed by atoms with van der Waals surface area (Å²) in [5.74, 6) is 0.634. The molecule has 0 fully saturated rings. The number of esters is 1. The Labute approximate surface area is 101 Å². The highest BCUT2D eigenvalue weighted by Crippen LogP contribution is 2.20. The highest BCUT2D eigenvalue weighted by molar-refractivity contribution is 5.66. The number of rotatable bonds is 3. The molecule has 0 N–H and O–H groups in total. The number of benzene rings is 1. The number of carbonyl (C=O) groups is 1. The van der Waals surface area contributed by atoms with Crippen molar-refractivity contribution in [1.29, 1.82) is 0 Å². The minimum absolute atomic E-state index is 0.0733. The Kier molecular flexibility index (Phi) is 3.81. The van der Waals surface area contributed by atoms with Gasteiger partial charge in [-0.1, -0.05) is 18.2 Å². The third kappa shape index (κ3) is 3.63. The van der Waals surface area contributed by atoms with Crippen molar-refractivity contribution in [2.75, 3.05) is 0 Å². The predicted octanol–water partition coefficient (Wildman–Crippen LogP) is 2.72. The second kappa shape index (κ2) is 5.53. The van der Waals surface area contributed by atoms with Crippen molar-refractivity contribution in [1.82, 2.24) is 0 Å². The lowest BCUT2D eigenvalue weighted by atomic mass is 10.0. The van der Waals surface area contributed by atoms with Gasteiger partial charge in [0, 0.05) is 6.92 Å². The van der Waals surface area contributed by atoms with Crippen LogP contribution >= 0.6 is 0 Å². The van der Waals surface area contributed by atoms with Crippen molar-refractivity contribution in [3.63, 3.8) is 0 Å². The van der Waals surface area contributed by atoms with E-state index in [0.717, 1.165) is 18.6 Å². The Morgan fingerprint density at radius 1 is 1.12 bits per heavy atom. The average Bonchev–Trinajstić information content (AvgIpc) is 2.32. The van der Waals surface area contributed by atoms with E-state index in [1.54, 1.807) is 0 Å². The second-order valence-electron chi connectivity index (χ2n) is 4.08. The van der Waals surface area contributed by atoms with Gasteiger partial charge in [-0.25, -0.2) is 0 Å². The normalized spacial score (nSPS) is 23.1. The molecule has 2 rings (SSSR count). The van der Waals surface area contributed by atoms with Gasteiger partial charge in [0.2, 0.25) is 0 Å². The number of para-hydroxylation sites is 1. The molecule has 0 spiro atoms. The molecule has 1 aromatic rings. The van der Waals surface area contributed by atoms with E-state index < -0.39 is 0 Å². The first-order chi connectivity index (χ1) is 8.24. The van der Waals surface area contributed by atoms with Crippen LogP contribution < -0.4 is 4.74 Å². The van der Waals surface area contributed by atoms with Crippen molar-refractivity contribution in [2.45, 2.75) is 32.0 Å². The minimum Gasteiger partial charge on any atom is -0.486 e. The molecule has 0 amide bonds. The predicted molar refractivity (Wildman–Crippen MR) is 64.8 cm³/mol. The lowest BCUT2D eigenvalue weighted by Crippen LogP contribution is -2.24. The highest BCUT2D eigenvalue weighted by Gasteiger charge is 2.18. The molecule has 3 nitrogen and oxygen atoms in total. The molecule has 90 valence electrons. The smallest absolute Gasteiger partial charge is 0.303 e. The molecule has 3 heteroatoms. The Morgan fingerprint density at radius 3 is 2.35 bits per heavy atom. The third-order valence-electron chi connectivity index (χ3n) is 2.62. The molecule has 1 aliphatic carbocycles. The molecular weight excluding hydrogens is 216 g/mol. The molecule has 0 saturated carbocycles. The molecule has 2 atom stereocenters. The quantitative estimate of drug-likeness (QED) is 0.593. The zero-order chi connectivity index (χ0) is 12.1. The fourth-order valence-corrected chi connectivity index (χ4v) is 1.85. The Morgan fingerprint density at radius 2 is 1.76 bits per heavy atom. The summed E-state index contributed by atoms with van der Waals surface area (Å²) >= 11 is 0. The van der Waals surface area contributed by atoms with Gasteiger partial charge >= 0.3 is 5.97 Å². The van der Waals surface area contributed by atoms with Crippen molar-refractivity contribution in [2.24, 2.45) is 0 Å². The molecule has 1 aliphatic rings. The maximum Gasteiger partial charge on any atom is 0.303 e. The van der Waals surface area contributed by atoms with Crippen LogP contribution in [0.5, 0.6) is 5.75 Å². The molecule has 0 unspecified atom stereocenters. The summed E-state index contributed by atoms with van der Waals surface area (Å²) in [7, 11) is 0. The third-order valence-corrected chi connectivity index (χ3v) is 2.62. The van der Waals surface area contributed by atoms with Crippen LogP contribution in [0.15, 0.2) is 42.5 Å². The van der Waals surface area contributed by atoms with Crippen LogP contribution in [0.2, 0.25) is 0 Å². The lowest BCUT2D eigenvalue weighted by Gasteiger charge is -2.23. The van der Waals surface area contributed by atoms with E-state index in [1.807, 2.05) is 42.5 Å². The van der Waals surface area contributed by atoms with Gasteiger partial charge in [-0.3, -0.25) is 4.79 Å². The van der Waals surface area contributed by atoms with Gasteiger partial charge < -0.3 is 9.47 Å². The summed E-state index contributed by atoms with van der Waals surface area (Å²) < 4.78 is 10.9. The van der Waals surface area contributed by atoms with Gasteiger partial charge in [0.15, 0.2) is 0 Å². The van der Waals surface area contributed by atoms with Crippen molar-refractivity contribution in [3.8, 4) is 5.75 Å². The minimum atomic E-state index is -0.234.